The smallest absolute Gasteiger partial charge is 0.340 e. The molecule has 0 bridgehead atoms. The van der Waals surface area contributed by atoms with Gasteiger partial charge in [0.25, 0.3) is 0 Å². The first-order chi connectivity index (χ1) is 40.5. The Bertz CT molecular complexity index is 4970. The number of hydrogen-bond acceptors (Lipinski definition) is 5. The Hall–Kier alpha value is -11.8. The van der Waals surface area contributed by atoms with Crippen LogP contribution in [0.5, 0.6) is 0 Å². The molecule has 0 saturated heterocycles. The highest BCUT2D eigenvalue weighted by Gasteiger charge is 2.22. The number of furan rings is 2. The molecule has 2 heterocycles. The molecule has 6 nitrogen and oxygen atoms in total. The van der Waals surface area contributed by atoms with E-state index >= 15 is 0 Å². The zero-order chi connectivity index (χ0) is 55.1. The molecule has 2 aromatic heterocycles. The maximum atomic E-state index is 10.9. The number of nitriles is 3. The molecule has 0 atom stereocenters. The van der Waals surface area contributed by atoms with Crippen LogP contribution in [0, 0.1) is 40.1 Å². The Labute approximate surface area is 473 Å². The maximum Gasteiger partial charge on any atom is 0.340 e. The van der Waals surface area contributed by atoms with Crippen LogP contribution in [0.15, 0.2) is 270 Å². The molecule has 0 aliphatic heterocycles. The van der Waals surface area contributed by atoms with Gasteiger partial charge in [0, 0.05) is 61.5 Å². The van der Waals surface area contributed by atoms with Crippen LogP contribution in [0.4, 0.5) is 5.69 Å². The van der Waals surface area contributed by atoms with Gasteiger partial charge in [0.15, 0.2) is 0 Å². The van der Waals surface area contributed by atoms with Gasteiger partial charge in [-0.15, -0.1) is 0 Å². The second-order valence-electron chi connectivity index (χ2n) is 20.2. The zero-order valence-electron chi connectivity index (χ0n) is 43.9. The standard InChI is InChI=1S/C76H43N4O2/c77-44-48-22-28-54(29-23-48)61-18-11-21-73-75(61)64-20-10-19-62(76(64)82-73)59-41-67(53-16-8-3-9-17-53)71(46-79)68(42-59)55-30-34-60(35-31-55)80-47-49-24-26-50(27-25-49)56-33-37-72-69(38-56)63-36-32-57(43-74(63)81-72)58-39-65(51-12-4-1-5-13-51)70(45-78)66(40-58)52-14-6-2-7-15-52/h1-43H/q+1. The summed E-state index contributed by atoms with van der Waals surface area (Å²) in [5.74, 6) is 0. The second-order valence-corrected chi connectivity index (χ2v) is 20.2. The molecule has 0 unspecified atom stereocenters. The fourth-order valence-electron chi connectivity index (χ4n) is 11.4. The van der Waals surface area contributed by atoms with Crippen molar-refractivity contribution in [3.8, 4) is 113 Å². The minimum absolute atomic E-state index is 0.572. The van der Waals surface area contributed by atoms with Crippen LogP contribution >= 0.6 is 0 Å². The maximum absolute atomic E-state index is 10.9. The molecule has 14 rings (SSSR count). The van der Waals surface area contributed by atoms with Crippen molar-refractivity contribution in [3.05, 3.63) is 288 Å². The van der Waals surface area contributed by atoms with E-state index in [2.05, 4.69) is 115 Å². The summed E-state index contributed by atoms with van der Waals surface area (Å²) in [7, 11) is 0. The highest BCUT2D eigenvalue weighted by molar-refractivity contribution is 6.16. The predicted molar refractivity (Wildman–Crippen MR) is 331 cm³/mol. The van der Waals surface area contributed by atoms with E-state index in [9.17, 15) is 15.8 Å². The first-order valence-electron chi connectivity index (χ1n) is 26.9. The van der Waals surface area contributed by atoms with Crippen LogP contribution in [0.1, 0.15) is 22.3 Å². The Morgan fingerprint density at radius 3 is 1.39 bits per heavy atom. The van der Waals surface area contributed by atoms with E-state index in [-0.39, 0.29) is 0 Å². The molecule has 14 aromatic rings. The fraction of sp³-hybridized carbons (Fsp3) is 0. The molecule has 0 radical (unpaired) electrons. The van der Waals surface area contributed by atoms with E-state index in [1.54, 1.807) is 0 Å². The summed E-state index contributed by atoms with van der Waals surface area (Å²) in [4.78, 5) is 4.76. The minimum atomic E-state index is 0.572. The summed E-state index contributed by atoms with van der Waals surface area (Å²) in [6.07, 6.45) is 0. The molecule has 378 valence electrons. The van der Waals surface area contributed by atoms with E-state index in [0.29, 0.717) is 16.7 Å². The molecule has 0 saturated carbocycles. The summed E-state index contributed by atoms with van der Waals surface area (Å²) in [5, 5.41) is 34.8. The van der Waals surface area contributed by atoms with E-state index in [4.69, 9.17) is 13.7 Å². The number of nitrogens with zero attached hydrogens (tertiary/aromatic N) is 4. The average molecular weight is 1040 g/mol. The Kier molecular flexibility index (Phi) is 12.2. The number of benzene rings is 12. The lowest BCUT2D eigenvalue weighted by Gasteiger charge is -2.14. The molecule has 0 amide bonds. The molecule has 0 N–H and O–H groups in total. The summed E-state index contributed by atoms with van der Waals surface area (Å²) in [6.45, 7) is 0. The molecule has 82 heavy (non-hydrogen) atoms. The Morgan fingerprint density at radius 2 is 0.780 bits per heavy atom. The summed E-state index contributed by atoms with van der Waals surface area (Å²) < 4.78 is 13.2. The van der Waals surface area contributed by atoms with Crippen LogP contribution in [-0.2, 0) is 0 Å². The largest absolute Gasteiger partial charge is 0.456 e. The van der Waals surface area contributed by atoms with Gasteiger partial charge in [-0.1, -0.05) is 158 Å². The normalized spacial score (nSPS) is 11.0. The molecule has 0 fully saturated rings. The summed E-state index contributed by atoms with van der Waals surface area (Å²) >= 11 is 0. The van der Waals surface area contributed by atoms with Gasteiger partial charge in [-0.2, -0.15) is 15.8 Å². The third-order valence-corrected chi connectivity index (χ3v) is 15.4. The van der Waals surface area contributed by atoms with Crippen molar-refractivity contribution >= 4 is 49.6 Å². The van der Waals surface area contributed by atoms with Gasteiger partial charge in [0.1, 0.15) is 40.0 Å². The van der Waals surface area contributed by atoms with Crippen molar-refractivity contribution in [3.63, 3.8) is 0 Å². The van der Waals surface area contributed by atoms with Crippen molar-refractivity contribution in [2.24, 2.45) is 0 Å². The number of hydrogen-bond donors (Lipinski definition) is 0. The van der Waals surface area contributed by atoms with Crippen molar-refractivity contribution in [2.75, 3.05) is 0 Å². The lowest BCUT2D eigenvalue weighted by molar-refractivity contribution is 0.669. The van der Waals surface area contributed by atoms with Crippen LogP contribution in [0.3, 0.4) is 0 Å². The monoisotopic (exact) mass is 1040 g/mol. The quantitative estimate of drug-likeness (QED) is 0.151. The van der Waals surface area contributed by atoms with Crippen LogP contribution < -0.4 is 0 Å². The number of para-hydroxylation sites is 1. The molecule has 0 spiro atoms. The average Bonchev–Trinajstić information content (AvgIpc) is 3.79. The van der Waals surface area contributed by atoms with Crippen molar-refractivity contribution in [2.45, 2.75) is 0 Å². The van der Waals surface area contributed by atoms with Gasteiger partial charge in [-0.05, 0) is 157 Å². The minimum Gasteiger partial charge on any atom is -0.456 e. The molecule has 0 aliphatic carbocycles. The number of fused-ring (bicyclic) bond motifs is 6. The molecular formula is C76H43N4O2+. The third-order valence-electron chi connectivity index (χ3n) is 15.4. The SMILES string of the molecule is N#Cc1ccc(-c2cccc3oc4c(-c5cc(-c6ccccc6)c(C#N)c(-c6ccc([N+]#Cc7ccc(-c8ccc9oc%10cc(-c%11cc(-c%12ccccc%12)c(C#N)c(-c%12ccccc%12)c%11)ccc%10c9c8)cc7)cc6)c5)cccc4c23)cc1. The van der Waals surface area contributed by atoms with E-state index < -0.39 is 0 Å². The van der Waals surface area contributed by atoms with Gasteiger partial charge >= 0.3 is 11.8 Å². The van der Waals surface area contributed by atoms with Crippen molar-refractivity contribution < 1.29 is 8.83 Å². The Morgan fingerprint density at radius 1 is 0.280 bits per heavy atom. The lowest BCUT2D eigenvalue weighted by atomic mass is 9.88. The van der Waals surface area contributed by atoms with Crippen molar-refractivity contribution in [1.82, 2.24) is 0 Å². The van der Waals surface area contributed by atoms with Gasteiger partial charge in [0.2, 0.25) is 0 Å². The van der Waals surface area contributed by atoms with E-state index in [0.717, 1.165) is 144 Å². The highest BCUT2D eigenvalue weighted by atomic mass is 16.3. The number of rotatable bonds is 8. The van der Waals surface area contributed by atoms with Crippen molar-refractivity contribution in [1.29, 1.82) is 15.8 Å². The molecular weight excluding hydrogens is 1000 g/mol. The second kappa shape index (κ2) is 20.5. The van der Waals surface area contributed by atoms with Crippen LogP contribution in [-0.4, -0.2) is 0 Å². The molecule has 0 aliphatic rings. The Balaban J connectivity index is 0.751. The van der Waals surface area contributed by atoms with Crippen LogP contribution in [0.2, 0.25) is 0 Å². The third kappa shape index (κ3) is 8.79. The van der Waals surface area contributed by atoms with E-state index in [1.807, 2.05) is 170 Å². The zero-order valence-corrected chi connectivity index (χ0v) is 43.9. The summed E-state index contributed by atoms with van der Waals surface area (Å²) in [5.41, 5.74) is 21.6. The van der Waals surface area contributed by atoms with E-state index in [1.165, 1.54) is 0 Å². The molecule has 12 aromatic carbocycles. The first kappa shape index (κ1) is 48.6. The summed E-state index contributed by atoms with van der Waals surface area (Å²) in [6, 6.07) is 97.9. The lowest BCUT2D eigenvalue weighted by Crippen LogP contribution is -1.93. The van der Waals surface area contributed by atoms with Gasteiger partial charge < -0.3 is 8.83 Å². The highest BCUT2D eigenvalue weighted by Crippen LogP contribution is 2.45. The fourth-order valence-corrected chi connectivity index (χ4v) is 11.4. The van der Waals surface area contributed by atoms with Gasteiger partial charge in [-0.25, -0.2) is 0 Å². The van der Waals surface area contributed by atoms with Gasteiger partial charge in [0.05, 0.1) is 22.8 Å². The van der Waals surface area contributed by atoms with Gasteiger partial charge in [-0.3, -0.25) is 0 Å². The predicted octanol–water partition coefficient (Wildman–Crippen LogP) is 20.4. The topological polar surface area (TPSA) is 102 Å². The molecule has 6 heteroatoms. The van der Waals surface area contributed by atoms with Crippen LogP contribution in [0.25, 0.3) is 138 Å². The first-order valence-corrected chi connectivity index (χ1v) is 26.9.